The highest BCUT2D eigenvalue weighted by Crippen LogP contribution is 2.45. The van der Waals surface area contributed by atoms with E-state index in [-0.39, 0.29) is 17.7 Å². The zero-order chi connectivity index (χ0) is 22.8. The highest BCUT2D eigenvalue weighted by Gasteiger charge is 2.44. The second kappa shape index (κ2) is 9.26. The number of esters is 1. The molecule has 3 heterocycles. The summed E-state index contributed by atoms with van der Waals surface area (Å²) in [5.41, 5.74) is 1.66. The Morgan fingerprint density at radius 3 is 2.56 bits per heavy atom. The number of rotatable bonds is 6. The predicted molar refractivity (Wildman–Crippen MR) is 126 cm³/mol. The lowest BCUT2D eigenvalue weighted by Crippen LogP contribution is -2.47. The summed E-state index contributed by atoms with van der Waals surface area (Å²) in [6, 6.07) is 12.5. The molecule has 2 amide bonds. The van der Waals surface area contributed by atoms with E-state index in [0.717, 1.165) is 4.88 Å². The van der Waals surface area contributed by atoms with E-state index in [2.05, 4.69) is 19.2 Å². The van der Waals surface area contributed by atoms with Gasteiger partial charge < -0.3 is 15.0 Å². The van der Waals surface area contributed by atoms with Gasteiger partial charge in [-0.3, -0.25) is 9.59 Å². The summed E-state index contributed by atoms with van der Waals surface area (Å²) in [6.45, 7) is 4.65. The van der Waals surface area contributed by atoms with Gasteiger partial charge >= 0.3 is 5.97 Å². The fourth-order valence-corrected chi connectivity index (χ4v) is 5.75. The number of thiophene rings is 2. The van der Waals surface area contributed by atoms with E-state index in [0.29, 0.717) is 28.2 Å². The van der Waals surface area contributed by atoms with E-state index in [4.69, 9.17) is 4.74 Å². The van der Waals surface area contributed by atoms with Gasteiger partial charge in [-0.2, -0.15) is 0 Å². The summed E-state index contributed by atoms with van der Waals surface area (Å²) in [4.78, 5) is 42.4. The van der Waals surface area contributed by atoms with Gasteiger partial charge in [0.05, 0.1) is 24.8 Å². The van der Waals surface area contributed by atoms with Crippen LogP contribution in [0.25, 0.3) is 0 Å². The van der Waals surface area contributed by atoms with Gasteiger partial charge in [0.15, 0.2) is 0 Å². The first-order valence-corrected chi connectivity index (χ1v) is 12.1. The molecule has 0 saturated carbocycles. The van der Waals surface area contributed by atoms with Crippen molar-refractivity contribution in [2.45, 2.75) is 25.8 Å². The third kappa shape index (κ3) is 4.08. The van der Waals surface area contributed by atoms with E-state index in [1.165, 1.54) is 29.8 Å². The maximum atomic E-state index is 13.7. The molecule has 166 valence electrons. The SMILES string of the molecule is COC(=O)c1sccc1NC(=O)C1c2ccccc2C(=O)N(CC(C)C)C1c1cccs1. The molecule has 6 nitrogen and oxygen atoms in total. The van der Waals surface area contributed by atoms with Crippen LogP contribution in [-0.4, -0.2) is 36.3 Å². The summed E-state index contributed by atoms with van der Waals surface area (Å²) in [7, 11) is 1.31. The maximum Gasteiger partial charge on any atom is 0.350 e. The minimum absolute atomic E-state index is 0.0671. The number of nitrogens with zero attached hydrogens (tertiary/aromatic N) is 1. The molecule has 0 saturated heterocycles. The maximum absolute atomic E-state index is 13.7. The van der Waals surface area contributed by atoms with Gasteiger partial charge in [-0.15, -0.1) is 22.7 Å². The number of hydrogen-bond donors (Lipinski definition) is 1. The predicted octanol–water partition coefficient (Wildman–Crippen LogP) is 5.17. The molecule has 3 aromatic rings. The number of amides is 2. The highest BCUT2D eigenvalue weighted by molar-refractivity contribution is 7.12. The smallest absolute Gasteiger partial charge is 0.350 e. The number of carbonyl (C=O) groups is 3. The van der Waals surface area contributed by atoms with E-state index < -0.39 is 17.9 Å². The van der Waals surface area contributed by atoms with Crippen molar-refractivity contribution in [2.24, 2.45) is 5.92 Å². The molecule has 0 spiro atoms. The van der Waals surface area contributed by atoms with Crippen LogP contribution in [0.3, 0.4) is 0 Å². The Morgan fingerprint density at radius 2 is 1.88 bits per heavy atom. The minimum Gasteiger partial charge on any atom is -0.465 e. The van der Waals surface area contributed by atoms with Crippen molar-refractivity contribution in [1.29, 1.82) is 0 Å². The molecule has 4 rings (SSSR count). The van der Waals surface area contributed by atoms with Crippen LogP contribution >= 0.6 is 22.7 Å². The van der Waals surface area contributed by atoms with Gasteiger partial charge in [-0.25, -0.2) is 4.79 Å². The van der Waals surface area contributed by atoms with Gasteiger partial charge in [-0.1, -0.05) is 38.1 Å². The molecule has 1 aliphatic rings. The number of nitrogens with one attached hydrogen (secondary N) is 1. The zero-order valence-corrected chi connectivity index (χ0v) is 19.7. The molecule has 32 heavy (non-hydrogen) atoms. The van der Waals surface area contributed by atoms with Crippen molar-refractivity contribution >= 4 is 46.1 Å². The molecule has 2 aromatic heterocycles. The van der Waals surface area contributed by atoms with Crippen molar-refractivity contribution < 1.29 is 19.1 Å². The summed E-state index contributed by atoms with van der Waals surface area (Å²) in [5.74, 6) is -1.21. The van der Waals surface area contributed by atoms with E-state index in [1.807, 2.05) is 40.6 Å². The van der Waals surface area contributed by atoms with Crippen LogP contribution in [0.2, 0.25) is 0 Å². The summed E-state index contributed by atoms with van der Waals surface area (Å²) >= 11 is 2.74. The molecule has 1 N–H and O–H groups in total. The molecule has 8 heteroatoms. The van der Waals surface area contributed by atoms with Crippen molar-refractivity contribution in [1.82, 2.24) is 4.90 Å². The van der Waals surface area contributed by atoms with Crippen molar-refractivity contribution in [3.8, 4) is 0 Å². The zero-order valence-electron chi connectivity index (χ0n) is 18.0. The van der Waals surface area contributed by atoms with E-state index in [1.54, 1.807) is 17.5 Å². The lowest BCUT2D eigenvalue weighted by atomic mass is 9.81. The lowest BCUT2D eigenvalue weighted by Gasteiger charge is -2.42. The molecule has 1 aliphatic heterocycles. The second-order valence-electron chi connectivity index (χ2n) is 8.02. The van der Waals surface area contributed by atoms with Crippen LogP contribution in [0.1, 0.15) is 56.3 Å². The van der Waals surface area contributed by atoms with Crippen LogP contribution in [-0.2, 0) is 9.53 Å². The van der Waals surface area contributed by atoms with Crippen LogP contribution in [0.5, 0.6) is 0 Å². The number of benzene rings is 1. The topological polar surface area (TPSA) is 75.7 Å². The van der Waals surface area contributed by atoms with Crippen LogP contribution in [0.4, 0.5) is 5.69 Å². The molecule has 1 aromatic carbocycles. The average Bonchev–Trinajstić information content (AvgIpc) is 3.47. The first-order valence-electron chi connectivity index (χ1n) is 10.3. The van der Waals surface area contributed by atoms with Gasteiger partial charge in [0.25, 0.3) is 5.91 Å². The Labute approximate surface area is 194 Å². The number of hydrogen-bond acceptors (Lipinski definition) is 6. The number of anilines is 1. The van der Waals surface area contributed by atoms with E-state index in [9.17, 15) is 14.4 Å². The third-order valence-electron chi connectivity index (χ3n) is 5.41. The monoisotopic (exact) mass is 468 g/mol. The molecule has 0 radical (unpaired) electrons. The normalized spacial score (nSPS) is 17.9. The van der Waals surface area contributed by atoms with Crippen molar-refractivity contribution in [2.75, 3.05) is 19.0 Å². The first kappa shape index (κ1) is 22.2. The fraction of sp³-hybridized carbons (Fsp3) is 0.292. The Bertz CT molecular complexity index is 1140. The molecule has 2 unspecified atom stereocenters. The third-order valence-corrected chi connectivity index (χ3v) is 7.25. The van der Waals surface area contributed by atoms with Gasteiger partial charge in [0, 0.05) is 17.0 Å². The number of carbonyl (C=O) groups excluding carboxylic acids is 3. The number of fused-ring (bicyclic) bond motifs is 1. The lowest BCUT2D eigenvalue weighted by molar-refractivity contribution is -0.119. The minimum atomic E-state index is -0.619. The number of methoxy groups -OCH3 is 1. The van der Waals surface area contributed by atoms with Crippen LogP contribution in [0, 0.1) is 5.92 Å². The highest BCUT2D eigenvalue weighted by atomic mass is 32.1. The van der Waals surface area contributed by atoms with Crippen molar-refractivity contribution in [3.63, 3.8) is 0 Å². The average molecular weight is 469 g/mol. The molecular formula is C24H24N2O4S2. The van der Waals surface area contributed by atoms with Gasteiger partial charge in [-0.05, 0) is 40.4 Å². The fourth-order valence-electron chi connectivity index (χ4n) is 4.11. The summed E-state index contributed by atoms with van der Waals surface area (Å²) < 4.78 is 4.84. The van der Waals surface area contributed by atoms with E-state index >= 15 is 0 Å². The Hall–Kier alpha value is -2.97. The molecule has 0 fully saturated rings. The largest absolute Gasteiger partial charge is 0.465 e. The molecule has 0 aliphatic carbocycles. The summed E-state index contributed by atoms with van der Waals surface area (Å²) in [5, 5.41) is 6.63. The quantitative estimate of drug-likeness (QED) is 0.506. The Balaban J connectivity index is 1.80. The standard InChI is InChI=1S/C24H24N2O4S2/c1-14(2)13-26-20(18-9-6-11-31-18)19(15-7-4-5-8-16(15)23(26)28)22(27)25-17-10-12-32-21(17)24(29)30-3/h4-12,14,19-20H,13H2,1-3H3,(H,25,27). The second-order valence-corrected chi connectivity index (χ2v) is 9.92. The number of ether oxygens (including phenoxy) is 1. The molecule has 0 bridgehead atoms. The van der Waals surface area contributed by atoms with Gasteiger partial charge in [0.2, 0.25) is 5.91 Å². The van der Waals surface area contributed by atoms with Crippen LogP contribution < -0.4 is 5.32 Å². The first-order chi connectivity index (χ1) is 15.4. The van der Waals surface area contributed by atoms with Gasteiger partial charge in [0.1, 0.15) is 4.88 Å². The Morgan fingerprint density at radius 1 is 1.09 bits per heavy atom. The summed E-state index contributed by atoms with van der Waals surface area (Å²) in [6.07, 6.45) is 0. The van der Waals surface area contributed by atoms with Crippen molar-refractivity contribution in [3.05, 3.63) is 74.1 Å². The molecule has 2 atom stereocenters. The Kier molecular flexibility index (Phi) is 6.43. The van der Waals surface area contributed by atoms with Crippen LogP contribution in [0.15, 0.2) is 53.2 Å². The molecular weight excluding hydrogens is 444 g/mol.